The number of amides is 1. The lowest BCUT2D eigenvalue weighted by Gasteiger charge is -2.35. The molecule has 1 N–H and O–H groups in total. The zero-order chi connectivity index (χ0) is 15.5. The van der Waals surface area contributed by atoms with E-state index in [-0.39, 0.29) is 34.9 Å². The monoisotopic (exact) mass is 312 g/mol. The number of carbonyl (C=O) groups excluding carboxylic acids is 2. The Kier molecular flexibility index (Phi) is 4.95. The SMILES string of the molecule is CCOC(=O)c1nc(C(=O)NC2CCOC(C)(C)C2)cs1. The Hall–Kier alpha value is -1.47. The van der Waals surface area contributed by atoms with Crippen LogP contribution in [-0.4, -0.2) is 41.7 Å². The van der Waals surface area contributed by atoms with Crippen LogP contribution in [0.3, 0.4) is 0 Å². The first-order chi connectivity index (χ1) is 9.91. The van der Waals surface area contributed by atoms with Crippen molar-refractivity contribution in [3.8, 4) is 0 Å². The van der Waals surface area contributed by atoms with Crippen molar-refractivity contribution in [1.29, 1.82) is 0 Å². The number of hydrogen-bond donors (Lipinski definition) is 1. The number of hydrogen-bond acceptors (Lipinski definition) is 6. The van der Waals surface area contributed by atoms with Gasteiger partial charge in [-0.25, -0.2) is 9.78 Å². The summed E-state index contributed by atoms with van der Waals surface area (Å²) in [5.41, 5.74) is 0.0290. The number of nitrogens with one attached hydrogen (secondary N) is 1. The molecule has 0 saturated carbocycles. The molecule has 21 heavy (non-hydrogen) atoms. The molecule has 1 saturated heterocycles. The average molecular weight is 312 g/mol. The van der Waals surface area contributed by atoms with Crippen LogP contribution in [0, 0.1) is 0 Å². The van der Waals surface area contributed by atoms with E-state index in [9.17, 15) is 9.59 Å². The summed E-state index contributed by atoms with van der Waals surface area (Å²) in [6.07, 6.45) is 1.54. The summed E-state index contributed by atoms with van der Waals surface area (Å²) in [6, 6.07) is 0.0639. The maximum absolute atomic E-state index is 12.2. The third kappa shape index (κ3) is 4.25. The van der Waals surface area contributed by atoms with E-state index < -0.39 is 5.97 Å². The van der Waals surface area contributed by atoms with Crippen LogP contribution in [0.5, 0.6) is 0 Å². The van der Waals surface area contributed by atoms with Crippen LogP contribution in [0.15, 0.2) is 5.38 Å². The third-order valence-corrected chi connectivity index (χ3v) is 4.04. The van der Waals surface area contributed by atoms with Gasteiger partial charge in [-0.1, -0.05) is 0 Å². The second-order valence-electron chi connectivity index (χ2n) is 5.53. The highest BCUT2D eigenvalue weighted by Gasteiger charge is 2.30. The van der Waals surface area contributed by atoms with E-state index in [0.717, 1.165) is 24.2 Å². The van der Waals surface area contributed by atoms with Gasteiger partial charge in [0.05, 0.1) is 12.2 Å². The van der Waals surface area contributed by atoms with Gasteiger partial charge in [-0.2, -0.15) is 0 Å². The number of rotatable bonds is 4. The van der Waals surface area contributed by atoms with Gasteiger partial charge in [0.2, 0.25) is 5.01 Å². The summed E-state index contributed by atoms with van der Waals surface area (Å²) in [4.78, 5) is 27.7. The van der Waals surface area contributed by atoms with Crippen molar-refractivity contribution in [2.75, 3.05) is 13.2 Å². The third-order valence-electron chi connectivity index (χ3n) is 3.22. The molecule has 1 aliphatic rings. The van der Waals surface area contributed by atoms with Crippen LogP contribution >= 0.6 is 11.3 Å². The second-order valence-corrected chi connectivity index (χ2v) is 6.39. The molecule has 2 heterocycles. The van der Waals surface area contributed by atoms with Crippen LogP contribution in [0.2, 0.25) is 0 Å². The molecular weight excluding hydrogens is 292 g/mol. The summed E-state index contributed by atoms with van der Waals surface area (Å²) in [5, 5.41) is 4.73. The van der Waals surface area contributed by atoms with Crippen LogP contribution in [0.25, 0.3) is 0 Å². The summed E-state index contributed by atoms with van der Waals surface area (Å²) >= 11 is 1.12. The highest BCUT2D eigenvalue weighted by atomic mass is 32.1. The van der Waals surface area contributed by atoms with Gasteiger partial charge in [-0.3, -0.25) is 4.79 Å². The lowest BCUT2D eigenvalue weighted by atomic mass is 9.94. The molecule has 1 unspecified atom stereocenters. The fourth-order valence-corrected chi connectivity index (χ4v) is 2.97. The van der Waals surface area contributed by atoms with Crippen molar-refractivity contribution in [1.82, 2.24) is 10.3 Å². The quantitative estimate of drug-likeness (QED) is 0.861. The molecule has 0 spiro atoms. The lowest BCUT2D eigenvalue weighted by molar-refractivity contribution is -0.0615. The molecule has 0 radical (unpaired) electrons. The van der Waals surface area contributed by atoms with E-state index in [1.54, 1.807) is 12.3 Å². The Morgan fingerprint density at radius 1 is 1.57 bits per heavy atom. The topological polar surface area (TPSA) is 77.5 Å². The molecular formula is C14H20N2O4S. The van der Waals surface area contributed by atoms with Gasteiger partial charge >= 0.3 is 5.97 Å². The smallest absolute Gasteiger partial charge is 0.367 e. The fourth-order valence-electron chi connectivity index (χ4n) is 2.28. The van der Waals surface area contributed by atoms with Crippen molar-refractivity contribution >= 4 is 23.2 Å². The van der Waals surface area contributed by atoms with Crippen molar-refractivity contribution < 1.29 is 19.1 Å². The first kappa shape index (κ1) is 15.9. The Labute approximate surface area is 127 Å². The highest BCUT2D eigenvalue weighted by Crippen LogP contribution is 2.24. The summed E-state index contributed by atoms with van der Waals surface area (Å²) in [5.74, 6) is -0.752. The molecule has 6 nitrogen and oxygen atoms in total. The first-order valence-corrected chi connectivity index (χ1v) is 7.87. The number of ether oxygens (including phenoxy) is 2. The molecule has 116 valence electrons. The van der Waals surface area contributed by atoms with Crippen molar-refractivity contribution in [3.05, 3.63) is 16.1 Å². The van der Waals surface area contributed by atoms with E-state index in [2.05, 4.69) is 10.3 Å². The Morgan fingerprint density at radius 2 is 2.33 bits per heavy atom. The van der Waals surface area contributed by atoms with Gasteiger partial charge in [0.15, 0.2) is 0 Å². The van der Waals surface area contributed by atoms with E-state index in [0.29, 0.717) is 6.61 Å². The van der Waals surface area contributed by atoms with Gasteiger partial charge in [0.25, 0.3) is 5.91 Å². The van der Waals surface area contributed by atoms with Gasteiger partial charge in [-0.15, -0.1) is 11.3 Å². The van der Waals surface area contributed by atoms with Crippen molar-refractivity contribution in [2.24, 2.45) is 0 Å². The molecule has 1 aromatic heterocycles. The largest absolute Gasteiger partial charge is 0.461 e. The summed E-state index contributed by atoms with van der Waals surface area (Å²) < 4.78 is 10.5. The highest BCUT2D eigenvalue weighted by molar-refractivity contribution is 7.11. The fraction of sp³-hybridized carbons (Fsp3) is 0.643. The number of aromatic nitrogens is 1. The maximum Gasteiger partial charge on any atom is 0.367 e. The molecule has 0 bridgehead atoms. The second kappa shape index (κ2) is 6.53. The zero-order valence-corrected chi connectivity index (χ0v) is 13.3. The summed E-state index contributed by atoms with van der Waals surface area (Å²) in [6.45, 7) is 6.66. The average Bonchev–Trinajstić information content (AvgIpc) is 2.87. The summed E-state index contributed by atoms with van der Waals surface area (Å²) in [7, 11) is 0. The molecule has 1 fully saturated rings. The minimum atomic E-state index is -0.492. The molecule has 1 aliphatic heterocycles. The maximum atomic E-state index is 12.2. The molecule has 1 amide bonds. The lowest BCUT2D eigenvalue weighted by Crippen LogP contribution is -2.45. The predicted molar refractivity (Wildman–Crippen MR) is 78.6 cm³/mol. The van der Waals surface area contributed by atoms with Crippen LogP contribution in [0.4, 0.5) is 0 Å². The molecule has 0 aromatic carbocycles. The number of esters is 1. The number of carbonyl (C=O) groups is 2. The van der Waals surface area contributed by atoms with E-state index in [1.165, 1.54) is 0 Å². The molecule has 2 rings (SSSR count). The van der Waals surface area contributed by atoms with Gasteiger partial charge in [0.1, 0.15) is 5.69 Å². The van der Waals surface area contributed by atoms with E-state index >= 15 is 0 Å². The molecule has 0 aliphatic carbocycles. The Bertz CT molecular complexity index is 527. The normalized spacial score (nSPS) is 20.8. The van der Waals surface area contributed by atoms with Gasteiger partial charge < -0.3 is 14.8 Å². The Morgan fingerprint density at radius 3 is 3.00 bits per heavy atom. The predicted octanol–water partition coefficient (Wildman–Crippen LogP) is 2.01. The molecule has 1 aromatic rings. The number of thiazole rings is 1. The van der Waals surface area contributed by atoms with Gasteiger partial charge in [-0.05, 0) is 33.6 Å². The molecule has 1 atom stereocenters. The zero-order valence-electron chi connectivity index (χ0n) is 12.5. The van der Waals surface area contributed by atoms with Crippen LogP contribution in [-0.2, 0) is 9.47 Å². The standard InChI is InChI=1S/C14H20N2O4S/c1-4-19-13(18)12-16-10(8-21-12)11(17)15-9-5-6-20-14(2,3)7-9/h8-9H,4-7H2,1-3H3,(H,15,17). The van der Waals surface area contributed by atoms with Crippen molar-refractivity contribution in [3.63, 3.8) is 0 Å². The van der Waals surface area contributed by atoms with Crippen molar-refractivity contribution in [2.45, 2.75) is 45.3 Å². The van der Waals surface area contributed by atoms with E-state index in [1.807, 2.05) is 13.8 Å². The van der Waals surface area contributed by atoms with Crippen LogP contribution in [0.1, 0.15) is 53.9 Å². The van der Waals surface area contributed by atoms with E-state index in [4.69, 9.17) is 9.47 Å². The van der Waals surface area contributed by atoms with Gasteiger partial charge in [0, 0.05) is 18.0 Å². The minimum absolute atomic E-state index is 0.0639. The molecule has 7 heteroatoms. The minimum Gasteiger partial charge on any atom is -0.461 e. The first-order valence-electron chi connectivity index (χ1n) is 6.99. The Balaban J connectivity index is 1.96. The number of nitrogens with zero attached hydrogens (tertiary/aromatic N) is 1. The van der Waals surface area contributed by atoms with Crippen LogP contribution < -0.4 is 5.32 Å².